The van der Waals surface area contributed by atoms with Gasteiger partial charge in [0.2, 0.25) is 10.0 Å². The molecule has 0 spiro atoms. The van der Waals surface area contributed by atoms with Gasteiger partial charge >= 0.3 is 0 Å². The first-order chi connectivity index (χ1) is 6.95. The van der Waals surface area contributed by atoms with Crippen LogP contribution in [0.15, 0.2) is 24.3 Å². The first-order valence-electron chi connectivity index (χ1n) is 4.63. The number of nitrogens with zero attached hydrogens (tertiary/aromatic N) is 1. The van der Waals surface area contributed by atoms with Crippen molar-refractivity contribution in [3.05, 3.63) is 34.9 Å². The molecular formula is C10H14ClNO2S. The number of hydrogen-bond acceptors (Lipinski definition) is 2. The Balaban J connectivity index is 2.90. The summed E-state index contributed by atoms with van der Waals surface area (Å²) >= 11 is 5.95. The second-order valence-corrected chi connectivity index (χ2v) is 5.67. The zero-order valence-electron chi connectivity index (χ0n) is 8.77. The zero-order chi connectivity index (χ0) is 11.5. The van der Waals surface area contributed by atoms with E-state index in [1.807, 2.05) is 18.2 Å². The van der Waals surface area contributed by atoms with E-state index in [0.29, 0.717) is 18.1 Å². The van der Waals surface area contributed by atoms with Gasteiger partial charge in [0.05, 0.1) is 6.26 Å². The highest BCUT2D eigenvalue weighted by molar-refractivity contribution is 7.88. The predicted octanol–water partition coefficient (Wildman–Crippen LogP) is 2.12. The highest BCUT2D eigenvalue weighted by Crippen LogP contribution is 2.17. The summed E-state index contributed by atoms with van der Waals surface area (Å²) < 4.78 is 24.1. The average Bonchev–Trinajstić information content (AvgIpc) is 2.14. The second-order valence-electron chi connectivity index (χ2n) is 3.28. The Morgan fingerprint density at radius 3 is 2.40 bits per heavy atom. The van der Waals surface area contributed by atoms with Gasteiger partial charge in [0.25, 0.3) is 0 Å². The normalized spacial score (nSPS) is 12.0. The fourth-order valence-electron chi connectivity index (χ4n) is 1.28. The number of sulfonamides is 1. The SMILES string of the molecule is CCN(Cc1ccccc1Cl)S(C)(=O)=O. The molecule has 3 nitrogen and oxygen atoms in total. The van der Waals surface area contributed by atoms with Gasteiger partial charge < -0.3 is 0 Å². The summed E-state index contributed by atoms with van der Waals surface area (Å²) in [4.78, 5) is 0. The van der Waals surface area contributed by atoms with Crippen LogP contribution in [0.25, 0.3) is 0 Å². The van der Waals surface area contributed by atoms with E-state index in [9.17, 15) is 8.42 Å². The Labute approximate surface area is 95.7 Å². The molecule has 0 radical (unpaired) electrons. The number of hydrogen-bond donors (Lipinski definition) is 0. The maximum atomic E-state index is 11.4. The van der Waals surface area contributed by atoms with Gasteiger partial charge in [0.15, 0.2) is 0 Å². The molecule has 0 saturated carbocycles. The van der Waals surface area contributed by atoms with Crippen LogP contribution in [0.2, 0.25) is 5.02 Å². The van der Waals surface area contributed by atoms with Crippen molar-refractivity contribution in [2.24, 2.45) is 0 Å². The topological polar surface area (TPSA) is 37.4 Å². The fraction of sp³-hybridized carbons (Fsp3) is 0.400. The third-order valence-corrected chi connectivity index (χ3v) is 3.82. The summed E-state index contributed by atoms with van der Waals surface area (Å²) in [6.07, 6.45) is 1.20. The predicted molar refractivity (Wildman–Crippen MR) is 62.4 cm³/mol. The molecule has 5 heteroatoms. The van der Waals surface area contributed by atoms with Crippen LogP contribution in [-0.2, 0) is 16.6 Å². The lowest BCUT2D eigenvalue weighted by Crippen LogP contribution is -2.29. The second kappa shape index (κ2) is 4.96. The van der Waals surface area contributed by atoms with Crippen molar-refractivity contribution in [2.75, 3.05) is 12.8 Å². The van der Waals surface area contributed by atoms with Crippen molar-refractivity contribution in [3.8, 4) is 0 Å². The van der Waals surface area contributed by atoms with Gasteiger partial charge in [0, 0.05) is 18.1 Å². The van der Waals surface area contributed by atoms with Crippen molar-refractivity contribution in [2.45, 2.75) is 13.5 Å². The first kappa shape index (κ1) is 12.5. The van der Waals surface area contributed by atoms with E-state index in [1.165, 1.54) is 10.6 Å². The quantitative estimate of drug-likeness (QED) is 0.817. The van der Waals surface area contributed by atoms with Crippen LogP contribution < -0.4 is 0 Å². The molecule has 1 aromatic carbocycles. The summed E-state index contributed by atoms with van der Waals surface area (Å²) in [6.45, 7) is 2.58. The Hall–Kier alpha value is -0.580. The Morgan fingerprint density at radius 2 is 1.93 bits per heavy atom. The lowest BCUT2D eigenvalue weighted by molar-refractivity contribution is 0.428. The summed E-state index contributed by atoms with van der Waals surface area (Å²) in [5.41, 5.74) is 0.825. The third-order valence-electron chi connectivity index (χ3n) is 2.13. The van der Waals surface area contributed by atoms with E-state index in [0.717, 1.165) is 5.56 Å². The van der Waals surface area contributed by atoms with Crippen LogP contribution in [0.3, 0.4) is 0 Å². The first-order valence-corrected chi connectivity index (χ1v) is 6.86. The molecule has 1 rings (SSSR count). The van der Waals surface area contributed by atoms with Crippen LogP contribution in [0.4, 0.5) is 0 Å². The lowest BCUT2D eigenvalue weighted by Gasteiger charge is -2.18. The summed E-state index contributed by atoms with van der Waals surface area (Å²) in [6, 6.07) is 7.25. The number of halogens is 1. The van der Waals surface area contributed by atoms with Crippen molar-refractivity contribution in [1.29, 1.82) is 0 Å². The molecule has 0 fully saturated rings. The van der Waals surface area contributed by atoms with Crippen molar-refractivity contribution < 1.29 is 8.42 Å². The van der Waals surface area contributed by atoms with Crippen LogP contribution in [0, 0.1) is 0 Å². The molecule has 0 heterocycles. The maximum Gasteiger partial charge on any atom is 0.211 e. The maximum absolute atomic E-state index is 11.4. The molecule has 0 bridgehead atoms. The highest BCUT2D eigenvalue weighted by Gasteiger charge is 2.15. The fourth-order valence-corrected chi connectivity index (χ4v) is 2.32. The molecular weight excluding hydrogens is 234 g/mol. The van der Waals surface area contributed by atoms with Crippen LogP contribution in [0.1, 0.15) is 12.5 Å². The molecule has 0 amide bonds. The van der Waals surface area contributed by atoms with Gasteiger partial charge in [0.1, 0.15) is 0 Å². The average molecular weight is 248 g/mol. The highest BCUT2D eigenvalue weighted by atomic mass is 35.5. The van der Waals surface area contributed by atoms with E-state index < -0.39 is 10.0 Å². The molecule has 0 saturated heterocycles. The third kappa shape index (κ3) is 3.48. The van der Waals surface area contributed by atoms with Gasteiger partial charge in [-0.25, -0.2) is 8.42 Å². The monoisotopic (exact) mass is 247 g/mol. The molecule has 0 aromatic heterocycles. The van der Waals surface area contributed by atoms with Gasteiger partial charge in [-0.3, -0.25) is 0 Å². The smallest absolute Gasteiger partial charge is 0.211 e. The Morgan fingerprint density at radius 1 is 1.33 bits per heavy atom. The van der Waals surface area contributed by atoms with E-state index in [2.05, 4.69) is 0 Å². The molecule has 84 valence electrons. The minimum atomic E-state index is -3.16. The molecule has 0 unspecified atom stereocenters. The van der Waals surface area contributed by atoms with Crippen LogP contribution in [0.5, 0.6) is 0 Å². The van der Waals surface area contributed by atoms with E-state index in [4.69, 9.17) is 11.6 Å². The van der Waals surface area contributed by atoms with Gasteiger partial charge in [-0.1, -0.05) is 36.7 Å². The summed E-state index contributed by atoms with van der Waals surface area (Å²) in [5, 5.41) is 0.597. The Bertz CT molecular complexity index is 431. The minimum absolute atomic E-state index is 0.328. The van der Waals surface area contributed by atoms with E-state index in [-0.39, 0.29) is 0 Å². The molecule has 0 aliphatic rings. The zero-order valence-corrected chi connectivity index (χ0v) is 10.3. The molecule has 0 aliphatic heterocycles. The van der Waals surface area contributed by atoms with Crippen molar-refractivity contribution >= 4 is 21.6 Å². The van der Waals surface area contributed by atoms with Crippen molar-refractivity contribution in [1.82, 2.24) is 4.31 Å². The van der Waals surface area contributed by atoms with Crippen molar-refractivity contribution in [3.63, 3.8) is 0 Å². The number of benzene rings is 1. The van der Waals surface area contributed by atoms with Gasteiger partial charge in [-0.15, -0.1) is 0 Å². The van der Waals surface area contributed by atoms with E-state index >= 15 is 0 Å². The molecule has 1 aromatic rings. The van der Waals surface area contributed by atoms with E-state index in [1.54, 1.807) is 13.0 Å². The van der Waals surface area contributed by atoms with Crippen LogP contribution in [-0.4, -0.2) is 25.5 Å². The summed E-state index contributed by atoms with van der Waals surface area (Å²) in [7, 11) is -3.16. The molecule has 15 heavy (non-hydrogen) atoms. The van der Waals surface area contributed by atoms with Gasteiger partial charge in [-0.2, -0.15) is 4.31 Å². The Kier molecular flexibility index (Phi) is 4.13. The largest absolute Gasteiger partial charge is 0.212 e. The lowest BCUT2D eigenvalue weighted by atomic mass is 10.2. The molecule has 0 N–H and O–H groups in total. The summed E-state index contributed by atoms with van der Waals surface area (Å²) in [5.74, 6) is 0. The standard InChI is InChI=1S/C10H14ClNO2S/c1-3-12(15(2,13)14)8-9-6-4-5-7-10(9)11/h4-7H,3,8H2,1-2H3. The van der Waals surface area contributed by atoms with Gasteiger partial charge in [-0.05, 0) is 11.6 Å². The molecule has 0 aliphatic carbocycles. The van der Waals surface area contributed by atoms with Crippen LogP contribution >= 0.6 is 11.6 Å². The molecule has 0 atom stereocenters. The minimum Gasteiger partial charge on any atom is -0.212 e. The number of rotatable bonds is 4.